The predicted octanol–water partition coefficient (Wildman–Crippen LogP) is 2.58. The summed E-state index contributed by atoms with van der Waals surface area (Å²) in [5.41, 5.74) is 2.61. The van der Waals surface area contributed by atoms with Gasteiger partial charge in [0.1, 0.15) is 23.7 Å². The third kappa shape index (κ3) is 2.30. The second kappa shape index (κ2) is 4.89. The first-order valence-electron chi connectivity index (χ1n) is 5.87. The molecule has 2 heterocycles. The summed E-state index contributed by atoms with van der Waals surface area (Å²) in [6, 6.07) is 7.73. The number of H-pyrrole nitrogens is 1. The molecule has 3 rings (SSSR count). The van der Waals surface area contributed by atoms with Crippen molar-refractivity contribution in [1.29, 1.82) is 0 Å². The van der Waals surface area contributed by atoms with Crippen LogP contribution in [0.15, 0.2) is 49.3 Å². The second-order valence-electron chi connectivity index (χ2n) is 4.00. The predicted molar refractivity (Wildman–Crippen MR) is 72.8 cm³/mol. The summed E-state index contributed by atoms with van der Waals surface area (Å²) in [7, 11) is 0. The quantitative estimate of drug-likeness (QED) is 0.725. The van der Waals surface area contributed by atoms with Crippen LogP contribution in [0.2, 0.25) is 0 Å². The number of hydrogen-bond donors (Lipinski definition) is 1. The normalized spacial score (nSPS) is 10.5. The number of rotatable bonds is 4. The molecule has 0 aliphatic heterocycles. The van der Waals surface area contributed by atoms with Gasteiger partial charge in [-0.05, 0) is 12.1 Å². The van der Waals surface area contributed by atoms with Crippen LogP contribution in [0.4, 0.5) is 0 Å². The molecule has 94 valence electrons. The van der Waals surface area contributed by atoms with E-state index in [-0.39, 0.29) is 0 Å². The fourth-order valence-electron chi connectivity index (χ4n) is 1.80. The SMILES string of the molecule is C=CCOc1cccc(-c2nc3cnncc3[nH]2)c1. The lowest BCUT2D eigenvalue weighted by atomic mass is 10.2. The molecule has 0 atom stereocenters. The van der Waals surface area contributed by atoms with E-state index in [0.717, 1.165) is 28.2 Å². The molecule has 2 aromatic heterocycles. The van der Waals surface area contributed by atoms with Crippen LogP contribution in [0.5, 0.6) is 5.75 Å². The molecule has 5 heteroatoms. The van der Waals surface area contributed by atoms with E-state index in [2.05, 4.69) is 26.7 Å². The number of benzene rings is 1. The first-order valence-corrected chi connectivity index (χ1v) is 5.87. The van der Waals surface area contributed by atoms with Crippen LogP contribution in [-0.2, 0) is 0 Å². The molecule has 0 saturated carbocycles. The van der Waals surface area contributed by atoms with Gasteiger partial charge in [0.15, 0.2) is 0 Å². The molecule has 0 bridgehead atoms. The number of imidazole rings is 1. The maximum absolute atomic E-state index is 5.51. The fourth-order valence-corrected chi connectivity index (χ4v) is 1.80. The van der Waals surface area contributed by atoms with Gasteiger partial charge in [-0.15, -0.1) is 0 Å². The van der Waals surface area contributed by atoms with Gasteiger partial charge in [-0.25, -0.2) is 4.98 Å². The number of aromatic amines is 1. The zero-order valence-corrected chi connectivity index (χ0v) is 10.2. The van der Waals surface area contributed by atoms with Gasteiger partial charge in [-0.2, -0.15) is 10.2 Å². The van der Waals surface area contributed by atoms with Gasteiger partial charge in [0.2, 0.25) is 0 Å². The highest BCUT2D eigenvalue weighted by atomic mass is 16.5. The van der Waals surface area contributed by atoms with Crippen molar-refractivity contribution in [1.82, 2.24) is 20.2 Å². The van der Waals surface area contributed by atoms with Crippen LogP contribution in [0.3, 0.4) is 0 Å². The first-order chi connectivity index (χ1) is 9.36. The summed E-state index contributed by atoms with van der Waals surface area (Å²) in [5.74, 6) is 1.56. The lowest BCUT2D eigenvalue weighted by Crippen LogP contribution is -1.92. The van der Waals surface area contributed by atoms with Gasteiger partial charge in [0.05, 0.1) is 17.9 Å². The van der Waals surface area contributed by atoms with Gasteiger partial charge in [-0.3, -0.25) is 0 Å². The van der Waals surface area contributed by atoms with Crippen LogP contribution in [-0.4, -0.2) is 26.8 Å². The van der Waals surface area contributed by atoms with Crippen LogP contribution >= 0.6 is 0 Å². The molecule has 19 heavy (non-hydrogen) atoms. The fraction of sp³-hybridized carbons (Fsp3) is 0.0714. The molecular formula is C14H12N4O. The Morgan fingerprint density at radius 1 is 1.26 bits per heavy atom. The minimum atomic E-state index is 0.484. The average molecular weight is 252 g/mol. The molecule has 1 aromatic carbocycles. The summed E-state index contributed by atoms with van der Waals surface area (Å²) < 4.78 is 5.51. The summed E-state index contributed by atoms with van der Waals surface area (Å²) in [4.78, 5) is 7.68. The number of aromatic nitrogens is 4. The standard InChI is InChI=1S/C14H12N4O/c1-2-6-19-11-5-3-4-10(7-11)14-17-12-8-15-16-9-13(12)18-14/h2-5,7-9H,1,6H2,(H,17,18). The van der Waals surface area contributed by atoms with Crippen molar-refractivity contribution in [3.63, 3.8) is 0 Å². The molecule has 0 radical (unpaired) electrons. The number of nitrogens with one attached hydrogen (secondary N) is 1. The third-order valence-corrected chi connectivity index (χ3v) is 2.67. The number of ether oxygens (including phenoxy) is 1. The first kappa shape index (κ1) is 11.4. The molecular weight excluding hydrogens is 240 g/mol. The molecule has 0 fully saturated rings. The van der Waals surface area contributed by atoms with Gasteiger partial charge in [0.25, 0.3) is 0 Å². The Labute approximate surface area is 110 Å². The summed E-state index contributed by atoms with van der Waals surface area (Å²) in [6.07, 6.45) is 5.00. The Balaban J connectivity index is 1.98. The lowest BCUT2D eigenvalue weighted by Gasteiger charge is -2.04. The topological polar surface area (TPSA) is 63.7 Å². The number of hydrogen-bond acceptors (Lipinski definition) is 4. The smallest absolute Gasteiger partial charge is 0.138 e. The van der Waals surface area contributed by atoms with E-state index in [1.54, 1.807) is 18.5 Å². The van der Waals surface area contributed by atoms with Gasteiger partial charge >= 0.3 is 0 Å². The van der Waals surface area contributed by atoms with E-state index in [9.17, 15) is 0 Å². The molecule has 0 saturated heterocycles. The number of fused-ring (bicyclic) bond motifs is 1. The Hall–Kier alpha value is -2.69. The second-order valence-corrected chi connectivity index (χ2v) is 4.00. The van der Waals surface area contributed by atoms with Gasteiger partial charge in [-0.1, -0.05) is 24.8 Å². The molecule has 0 unspecified atom stereocenters. The Bertz CT molecular complexity index is 687. The van der Waals surface area contributed by atoms with E-state index < -0.39 is 0 Å². The summed E-state index contributed by atoms with van der Waals surface area (Å²) in [6.45, 7) is 4.11. The van der Waals surface area contributed by atoms with E-state index >= 15 is 0 Å². The highest BCUT2D eigenvalue weighted by Gasteiger charge is 2.06. The van der Waals surface area contributed by atoms with Crippen molar-refractivity contribution in [3.8, 4) is 17.1 Å². The molecule has 0 aliphatic carbocycles. The highest BCUT2D eigenvalue weighted by molar-refractivity contribution is 5.77. The minimum absolute atomic E-state index is 0.484. The van der Waals surface area contributed by atoms with Crippen LogP contribution in [0, 0.1) is 0 Å². The van der Waals surface area contributed by atoms with E-state index in [0.29, 0.717) is 6.61 Å². The van der Waals surface area contributed by atoms with E-state index in [1.165, 1.54) is 0 Å². The Morgan fingerprint density at radius 2 is 2.16 bits per heavy atom. The van der Waals surface area contributed by atoms with Gasteiger partial charge in [0, 0.05) is 5.56 Å². The van der Waals surface area contributed by atoms with Crippen LogP contribution in [0.25, 0.3) is 22.4 Å². The van der Waals surface area contributed by atoms with Crippen molar-refractivity contribution in [3.05, 3.63) is 49.3 Å². The van der Waals surface area contributed by atoms with Crippen LogP contribution < -0.4 is 4.74 Å². The van der Waals surface area contributed by atoms with E-state index in [4.69, 9.17) is 4.74 Å². The zero-order valence-electron chi connectivity index (χ0n) is 10.2. The molecule has 0 spiro atoms. The zero-order chi connectivity index (χ0) is 13.1. The Kier molecular flexibility index (Phi) is 2.94. The summed E-state index contributed by atoms with van der Waals surface area (Å²) >= 11 is 0. The van der Waals surface area contributed by atoms with Gasteiger partial charge < -0.3 is 9.72 Å². The molecule has 0 aliphatic rings. The van der Waals surface area contributed by atoms with Crippen molar-refractivity contribution in [2.75, 3.05) is 6.61 Å². The van der Waals surface area contributed by atoms with E-state index in [1.807, 2.05) is 24.3 Å². The van der Waals surface area contributed by atoms with Crippen molar-refractivity contribution < 1.29 is 4.74 Å². The molecule has 1 N–H and O–H groups in total. The Morgan fingerprint density at radius 3 is 3.00 bits per heavy atom. The van der Waals surface area contributed by atoms with Crippen molar-refractivity contribution in [2.45, 2.75) is 0 Å². The molecule has 3 aromatic rings. The minimum Gasteiger partial charge on any atom is -0.490 e. The monoisotopic (exact) mass is 252 g/mol. The highest BCUT2D eigenvalue weighted by Crippen LogP contribution is 2.23. The molecule has 0 amide bonds. The maximum atomic E-state index is 5.51. The van der Waals surface area contributed by atoms with Crippen molar-refractivity contribution >= 4 is 11.0 Å². The third-order valence-electron chi connectivity index (χ3n) is 2.67. The largest absolute Gasteiger partial charge is 0.490 e. The van der Waals surface area contributed by atoms with Crippen molar-refractivity contribution in [2.24, 2.45) is 0 Å². The summed E-state index contributed by atoms with van der Waals surface area (Å²) in [5, 5.41) is 7.63. The van der Waals surface area contributed by atoms with Crippen LogP contribution in [0.1, 0.15) is 0 Å². The number of nitrogens with zero attached hydrogens (tertiary/aromatic N) is 3. The maximum Gasteiger partial charge on any atom is 0.138 e. The molecule has 5 nitrogen and oxygen atoms in total. The lowest BCUT2D eigenvalue weighted by molar-refractivity contribution is 0.363. The average Bonchev–Trinajstić information content (AvgIpc) is 2.89.